The van der Waals surface area contributed by atoms with Crippen molar-refractivity contribution < 1.29 is 19.4 Å². The van der Waals surface area contributed by atoms with Gasteiger partial charge in [-0.2, -0.15) is 0 Å². The van der Waals surface area contributed by atoms with Crippen LogP contribution in [0.2, 0.25) is 10.0 Å². The van der Waals surface area contributed by atoms with Gasteiger partial charge in [0.05, 0.1) is 34.3 Å². The molecule has 1 fully saturated rings. The average Bonchev–Trinajstić information content (AvgIpc) is 3.00. The lowest BCUT2D eigenvalue weighted by Crippen LogP contribution is -2.32. The molecule has 31 heavy (non-hydrogen) atoms. The molecule has 0 aromatic heterocycles. The molecule has 0 bridgehead atoms. The number of Topliss-reactive ketones (excluding diaryl/α,β-unsaturated/α-hetero) is 1. The van der Waals surface area contributed by atoms with Crippen molar-refractivity contribution in [3.8, 4) is 5.75 Å². The van der Waals surface area contributed by atoms with E-state index in [4.69, 9.17) is 27.9 Å². The molecule has 1 unspecified atom stereocenters. The number of para-hydroxylation sites is 1. The minimum atomic E-state index is -0.790. The zero-order valence-corrected chi connectivity index (χ0v) is 19.1. The van der Waals surface area contributed by atoms with Crippen molar-refractivity contribution >= 4 is 40.7 Å². The van der Waals surface area contributed by atoms with Gasteiger partial charge in [0, 0.05) is 6.54 Å². The first-order chi connectivity index (χ1) is 14.8. The Hall–Kier alpha value is -2.54. The lowest BCUT2D eigenvalue weighted by Gasteiger charge is -2.26. The minimum Gasteiger partial charge on any atom is -0.507 e. The Morgan fingerprint density at radius 1 is 1.13 bits per heavy atom. The van der Waals surface area contributed by atoms with Gasteiger partial charge in [-0.1, -0.05) is 41.4 Å². The molecule has 1 saturated heterocycles. The first kappa shape index (κ1) is 23.1. The topological polar surface area (TPSA) is 70.1 Å². The van der Waals surface area contributed by atoms with Crippen molar-refractivity contribution in [3.05, 3.63) is 69.2 Å². The molecule has 0 saturated carbocycles. The normalized spacial score (nSPS) is 18.1. The van der Waals surface area contributed by atoms with Crippen LogP contribution in [0, 0.1) is 0 Å². The van der Waals surface area contributed by atoms with Crippen LogP contribution in [-0.2, 0) is 9.59 Å². The summed E-state index contributed by atoms with van der Waals surface area (Å²) >= 11 is 12.3. The highest BCUT2D eigenvalue weighted by Gasteiger charge is 2.46. The van der Waals surface area contributed by atoms with Gasteiger partial charge >= 0.3 is 0 Å². The summed E-state index contributed by atoms with van der Waals surface area (Å²) in [6.07, 6.45) is 0.659. The number of ether oxygens (including phenoxy) is 1. The molecule has 0 radical (unpaired) electrons. The number of carbonyl (C=O) groups excluding carboxylic acids is 2. The molecule has 1 atom stereocenters. The average molecular weight is 463 g/mol. The number of aliphatic hydroxyl groups is 1. The number of methoxy groups -OCH3 is 1. The van der Waals surface area contributed by atoms with Crippen molar-refractivity contribution in [2.24, 2.45) is 0 Å². The van der Waals surface area contributed by atoms with E-state index < -0.39 is 17.7 Å². The standard InChI is InChI=1S/C23H24Cl2N2O4/c1-26(2)11-6-12-27-20(14-9-10-16(24)17(25)13-14)19(22(29)23(27)30)21(28)15-7-4-5-8-18(15)31-3/h4-5,7-10,13,20,28H,6,11-12H2,1-3H3/b21-19+. The first-order valence-corrected chi connectivity index (χ1v) is 10.5. The van der Waals surface area contributed by atoms with Gasteiger partial charge in [0.15, 0.2) is 0 Å². The summed E-state index contributed by atoms with van der Waals surface area (Å²) in [5.41, 5.74) is 0.925. The Morgan fingerprint density at radius 2 is 1.84 bits per heavy atom. The van der Waals surface area contributed by atoms with E-state index in [0.717, 1.165) is 6.54 Å². The van der Waals surface area contributed by atoms with E-state index in [0.29, 0.717) is 39.9 Å². The smallest absolute Gasteiger partial charge is 0.295 e. The van der Waals surface area contributed by atoms with Gasteiger partial charge in [-0.3, -0.25) is 9.59 Å². The minimum absolute atomic E-state index is 0.00209. The Morgan fingerprint density at radius 3 is 2.48 bits per heavy atom. The fourth-order valence-corrected chi connectivity index (χ4v) is 3.99. The van der Waals surface area contributed by atoms with E-state index in [-0.39, 0.29) is 11.3 Å². The molecule has 1 N–H and O–H groups in total. The van der Waals surface area contributed by atoms with Crippen LogP contribution in [0.1, 0.15) is 23.6 Å². The zero-order valence-electron chi connectivity index (χ0n) is 17.6. The van der Waals surface area contributed by atoms with Crippen molar-refractivity contribution in [2.45, 2.75) is 12.5 Å². The molecule has 1 aliphatic rings. The predicted molar refractivity (Wildman–Crippen MR) is 122 cm³/mol. The van der Waals surface area contributed by atoms with Gasteiger partial charge in [-0.05, 0) is 56.9 Å². The molecule has 1 amide bonds. The second-order valence-electron chi connectivity index (χ2n) is 7.52. The number of likely N-dealkylation sites (tertiary alicyclic amines) is 1. The predicted octanol–water partition coefficient (Wildman–Crippen LogP) is 4.38. The second-order valence-corrected chi connectivity index (χ2v) is 8.34. The summed E-state index contributed by atoms with van der Waals surface area (Å²) in [5.74, 6) is -1.30. The molecular formula is C23H24Cl2N2O4. The summed E-state index contributed by atoms with van der Waals surface area (Å²) in [5, 5.41) is 11.8. The Balaban J connectivity index is 2.16. The van der Waals surface area contributed by atoms with Gasteiger partial charge < -0.3 is 19.6 Å². The molecule has 6 nitrogen and oxygen atoms in total. The molecule has 3 rings (SSSR count). The number of benzene rings is 2. The van der Waals surface area contributed by atoms with Gasteiger partial charge in [0.1, 0.15) is 11.5 Å². The largest absolute Gasteiger partial charge is 0.507 e. The van der Waals surface area contributed by atoms with Crippen molar-refractivity contribution in [1.29, 1.82) is 0 Å². The third-order valence-corrected chi connectivity index (χ3v) is 5.90. The first-order valence-electron chi connectivity index (χ1n) is 9.77. The number of hydrogen-bond acceptors (Lipinski definition) is 5. The van der Waals surface area contributed by atoms with Gasteiger partial charge in [0.2, 0.25) is 0 Å². The lowest BCUT2D eigenvalue weighted by molar-refractivity contribution is -0.139. The summed E-state index contributed by atoms with van der Waals surface area (Å²) in [6, 6.07) is 10.9. The quantitative estimate of drug-likeness (QED) is 0.375. The van der Waals surface area contributed by atoms with Crippen LogP contribution in [0.5, 0.6) is 5.75 Å². The number of carbonyl (C=O) groups is 2. The third-order valence-electron chi connectivity index (χ3n) is 5.17. The summed E-state index contributed by atoms with van der Waals surface area (Å²) in [7, 11) is 5.35. The van der Waals surface area contributed by atoms with Crippen LogP contribution in [0.4, 0.5) is 0 Å². The van der Waals surface area contributed by atoms with Gasteiger partial charge in [0.25, 0.3) is 11.7 Å². The maximum absolute atomic E-state index is 13.0. The van der Waals surface area contributed by atoms with Crippen LogP contribution in [0.15, 0.2) is 48.0 Å². The number of hydrogen-bond donors (Lipinski definition) is 1. The molecule has 1 heterocycles. The van der Waals surface area contributed by atoms with Gasteiger partial charge in [-0.25, -0.2) is 0 Å². The van der Waals surface area contributed by atoms with E-state index in [2.05, 4.69) is 0 Å². The van der Waals surface area contributed by atoms with E-state index >= 15 is 0 Å². The number of rotatable bonds is 7. The van der Waals surface area contributed by atoms with Crippen LogP contribution in [-0.4, -0.2) is 60.9 Å². The summed E-state index contributed by atoms with van der Waals surface area (Å²) < 4.78 is 5.33. The van der Waals surface area contributed by atoms with E-state index in [1.165, 1.54) is 12.0 Å². The molecule has 2 aromatic carbocycles. The molecule has 0 aliphatic carbocycles. The number of amides is 1. The SMILES string of the molecule is COc1ccccc1/C(O)=C1\C(=O)C(=O)N(CCCN(C)C)C1c1ccc(Cl)c(Cl)c1. The Labute approximate surface area is 191 Å². The molecule has 164 valence electrons. The lowest BCUT2D eigenvalue weighted by atomic mass is 9.95. The van der Waals surface area contributed by atoms with Crippen LogP contribution in [0.3, 0.4) is 0 Å². The number of aliphatic hydroxyl groups excluding tert-OH is 1. The fraction of sp³-hybridized carbons (Fsp3) is 0.304. The van der Waals surface area contributed by atoms with Crippen LogP contribution in [0.25, 0.3) is 5.76 Å². The Bertz CT molecular complexity index is 1040. The molecule has 2 aromatic rings. The van der Waals surface area contributed by atoms with Crippen molar-refractivity contribution in [1.82, 2.24) is 9.80 Å². The van der Waals surface area contributed by atoms with Gasteiger partial charge in [-0.15, -0.1) is 0 Å². The Kier molecular flexibility index (Phi) is 7.26. The second kappa shape index (κ2) is 9.73. The van der Waals surface area contributed by atoms with Crippen molar-refractivity contribution in [2.75, 3.05) is 34.3 Å². The summed E-state index contributed by atoms with van der Waals surface area (Å²) in [4.78, 5) is 29.5. The monoisotopic (exact) mass is 462 g/mol. The number of nitrogens with zero attached hydrogens (tertiary/aromatic N) is 2. The molecule has 0 spiro atoms. The molecular weight excluding hydrogens is 439 g/mol. The number of halogens is 2. The number of ketones is 1. The van der Waals surface area contributed by atoms with E-state index in [1.54, 1.807) is 42.5 Å². The van der Waals surface area contributed by atoms with Crippen LogP contribution >= 0.6 is 23.2 Å². The third kappa shape index (κ3) is 4.71. The van der Waals surface area contributed by atoms with E-state index in [1.807, 2.05) is 19.0 Å². The van der Waals surface area contributed by atoms with Crippen molar-refractivity contribution in [3.63, 3.8) is 0 Å². The zero-order chi connectivity index (χ0) is 22.7. The maximum atomic E-state index is 13.0. The molecule has 1 aliphatic heterocycles. The highest BCUT2D eigenvalue weighted by Crippen LogP contribution is 2.42. The van der Waals surface area contributed by atoms with Crippen LogP contribution < -0.4 is 4.74 Å². The fourth-order valence-electron chi connectivity index (χ4n) is 3.68. The maximum Gasteiger partial charge on any atom is 0.295 e. The molecule has 8 heteroatoms. The van der Waals surface area contributed by atoms with E-state index in [9.17, 15) is 14.7 Å². The highest BCUT2D eigenvalue weighted by atomic mass is 35.5. The summed E-state index contributed by atoms with van der Waals surface area (Å²) in [6.45, 7) is 1.08. The highest BCUT2D eigenvalue weighted by molar-refractivity contribution is 6.47.